The van der Waals surface area contributed by atoms with Crippen LogP contribution in [0.2, 0.25) is 0 Å². The Labute approximate surface area is 190 Å². The number of amides is 1. The molecule has 0 aliphatic carbocycles. The van der Waals surface area contributed by atoms with Crippen molar-refractivity contribution in [2.75, 3.05) is 12.9 Å². The summed E-state index contributed by atoms with van der Waals surface area (Å²) in [6.07, 6.45) is 1.91. The predicted octanol–water partition coefficient (Wildman–Crippen LogP) is 1.84. The summed E-state index contributed by atoms with van der Waals surface area (Å²) in [5.74, 6) is 6.18. The minimum absolute atomic E-state index is 0.266. The first-order valence-corrected chi connectivity index (χ1v) is 11.7. The van der Waals surface area contributed by atoms with Gasteiger partial charge < -0.3 is 24.9 Å². The van der Waals surface area contributed by atoms with Crippen LogP contribution in [0.4, 0.5) is 0 Å². The van der Waals surface area contributed by atoms with E-state index in [1.807, 2.05) is 24.3 Å². The van der Waals surface area contributed by atoms with E-state index in [4.69, 9.17) is 9.94 Å². The molecule has 3 N–H and O–H groups in total. The molecule has 0 aromatic heterocycles. The number of aliphatic hydroxyl groups is 2. The molecule has 4 unspecified atom stereocenters. The molecule has 1 aliphatic rings. The fourth-order valence-electron chi connectivity index (χ4n) is 3.31. The molecular formula is C24H26N2O5S. The summed E-state index contributed by atoms with van der Waals surface area (Å²) in [5.41, 5.74) is 4.01. The zero-order valence-electron chi connectivity index (χ0n) is 17.9. The Bertz CT molecular complexity index is 1010. The van der Waals surface area contributed by atoms with Crippen LogP contribution in [-0.4, -0.2) is 50.7 Å². The van der Waals surface area contributed by atoms with Gasteiger partial charge in [-0.3, -0.25) is 4.79 Å². The van der Waals surface area contributed by atoms with Gasteiger partial charge in [-0.2, -0.15) is 0 Å². The minimum Gasteiger partial charge on any atom is -0.615 e. The van der Waals surface area contributed by atoms with Crippen LogP contribution in [0.15, 0.2) is 53.7 Å². The van der Waals surface area contributed by atoms with E-state index in [1.165, 1.54) is 0 Å². The lowest BCUT2D eigenvalue weighted by atomic mass is 10.00. The van der Waals surface area contributed by atoms with Gasteiger partial charge in [-0.1, -0.05) is 41.3 Å². The Balaban J connectivity index is 1.61. The lowest BCUT2D eigenvalue weighted by Gasteiger charge is -2.30. The molecule has 2 aromatic carbocycles. The van der Waals surface area contributed by atoms with E-state index in [2.05, 4.69) is 22.3 Å². The van der Waals surface area contributed by atoms with Gasteiger partial charge in [-0.05, 0) is 46.6 Å². The van der Waals surface area contributed by atoms with Gasteiger partial charge in [-0.25, -0.2) is 0 Å². The molecular weight excluding hydrogens is 428 g/mol. The standard InChI is InChI=1S/C24H26N2O5S/c1-24(25-16-28,32(2)30)14-21-13-22(26-31-21)19-9-5-17(6-10-19)3-4-18-7-11-20(12-8-18)23(29)15-27/h5-12,16,21,23,27,29H,13-15H2,1-2H3,(H,25,28). The molecule has 0 fully saturated rings. The van der Waals surface area contributed by atoms with E-state index in [0.717, 1.165) is 22.4 Å². The van der Waals surface area contributed by atoms with Crippen molar-refractivity contribution in [1.29, 1.82) is 0 Å². The van der Waals surface area contributed by atoms with Gasteiger partial charge in [0.2, 0.25) is 6.41 Å². The third kappa shape index (κ3) is 5.90. The molecule has 2 aromatic rings. The Kier molecular flexibility index (Phi) is 7.94. The molecule has 32 heavy (non-hydrogen) atoms. The summed E-state index contributed by atoms with van der Waals surface area (Å²) in [4.78, 5) is 15.5. The number of carbonyl (C=O) groups excluding carboxylic acids is 1. The van der Waals surface area contributed by atoms with Crippen molar-refractivity contribution in [3.8, 4) is 11.8 Å². The third-order valence-electron chi connectivity index (χ3n) is 5.39. The molecule has 0 saturated carbocycles. The quantitative estimate of drug-likeness (QED) is 0.320. The highest BCUT2D eigenvalue weighted by molar-refractivity contribution is 7.92. The Morgan fingerprint density at radius 3 is 2.38 bits per heavy atom. The molecule has 7 nitrogen and oxygen atoms in total. The summed E-state index contributed by atoms with van der Waals surface area (Å²) in [5, 5.41) is 25.4. The molecule has 0 spiro atoms. The maximum atomic E-state index is 12.0. The lowest BCUT2D eigenvalue weighted by molar-refractivity contribution is -0.110. The van der Waals surface area contributed by atoms with Gasteiger partial charge in [0.15, 0.2) is 4.87 Å². The van der Waals surface area contributed by atoms with Gasteiger partial charge in [0, 0.05) is 24.5 Å². The molecule has 0 saturated heterocycles. The molecule has 4 atom stereocenters. The van der Waals surface area contributed by atoms with Crippen LogP contribution < -0.4 is 5.32 Å². The topological polar surface area (TPSA) is 114 Å². The molecule has 1 aliphatic heterocycles. The van der Waals surface area contributed by atoms with Crippen LogP contribution in [0, 0.1) is 11.8 Å². The first-order valence-electron chi connectivity index (χ1n) is 10.1. The van der Waals surface area contributed by atoms with E-state index in [1.54, 1.807) is 37.4 Å². The van der Waals surface area contributed by atoms with Crippen molar-refractivity contribution in [1.82, 2.24) is 5.32 Å². The van der Waals surface area contributed by atoms with Gasteiger partial charge in [0.05, 0.1) is 25.0 Å². The number of carbonyl (C=O) groups is 1. The van der Waals surface area contributed by atoms with Crippen LogP contribution in [0.5, 0.6) is 0 Å². The van der Waals surface area contributed by atoms with Crippen LogP contribution in [0.3, 0.4) is 0 Å². The number of nitrogens with one attached hydrogen (secondary N) is 1. The number of benzene rings is 2. The fraction of sp³-hybridized carbons (Fsp3) is 0.333. The zero-order chi connectivity index (χ0) is 23.1. The van der Waals surface area contributed by atoms with Gasteiger partial charge in [0.25, 0.3) is 0 Å². The largest absolute Gasteiger partial charge is 0.615 e. The Morgan fingerprint density at radius 1 is 1.25 bits per heavy atom. The lowest BCUT2D eigenvalue weighted by Crippen LogP contribution is -2.50. The SMILES string of the molecule is C[S+]([O-])C(C)(CC1CC(c2ccc(C#Cc3ccc(C(O)CO)cc3)cc2)=NO1)NC=O. The van der Waals surface area contributed by atoms with Gasteiger partial charge in [0.1, 0.15) is 12.2 Å². The monoisotopic (exact) mass is 454 g/mol. The van der Waals surface area contributed by atoms with Gasteiger partial charge in [-0.15, -0.1) is 0 Å². The van der Waals surface area contributed by atoms with E-state index in [0.29, 0.717) is 24.8 Å². The van der Waals surface area contributed by atoms with Crippen LogP contribution in [0.25, 0.3) is 0 Å². The zero-order valence-corrected chi connectivity index (χ0v) is 18.8. The molecule has 168 valence electrons. The summed E-state index contributed by atoms with van der Waals surface area (Å²) < 4.78 is 12.0. The second-order valence-corrected chi connectivity index (χ2v) is 9.58. The summed E-state index contributed by atoms with van der Waals surface area (Å²) in [6, 6.07) is 14.8. The van der Waals surface area contributed by atoms with E-state index in [-0.39, 0.29) is 12.7 Å². The molecule has 0 radical (unpaired) electrons. The van der Waals surface area contributed by atoms with Crippen molar-refractivity contribution in [3.05, 3.63) is 70.8 Å². The number of aliphatic hydroxyl groups excluding tert-OH is 2. The average molecular weight is 455 g/mol. The highest BCUT2D eigenvalue weighted by Gasteiger charge is 2.39. The second kappa shape index (κ2) is 10.7. The first kappa shape index (κ1) is 23.8. The number of rotatable bonds is 8. The molecule has 3 rings (SSSR count). The number of oxime groups is 1. The molecule has 0 bridgehead atoms. The fourth-order valence-corrected chi connectivity index (χ4v) is 3.95. The van der Waals surface area contributed by atoms with Crippen molar-refractivity contribution in [3.63, 3.8) is 0 Å². The molecule has 1 heterocycles. The number of hydrogen-bond acceptors (Lipinski definition) is 6. The van der Waals surface area contributed by atoms with Crippen molar-refractivity contribution in [2.45, 2.75) is 36.8 Å². The van der Waals surface area contributed by atoms with Gasteiger partial charge >= 0.3 is 0 Å². The minimum atomic E-state index is -1.26. The maximum Gasteiger partial charge on any atom is 0.211 e. The molecule has 1 amide bonds. The third-order valence-corrected chi connectivity index (χ3v) is 6.94. The summed E-state index contributed by atoms with van der Waals surface area (Å²) in [6.45, 7) is 1.41. The van der Waals surface area contributed by atoms with Crippen molar-refractivity contribution < 1.29 is 24.4 Å². The predicted molar refractivity (Wildman–Crippen MR) is 123 cm³/mol. The van der Waals surface area contributed by atoms with E-state index in [9.17, 15) is 14.5 Å². The normalized spacial score (nSPS) is 18.9. The highest BCUT2D eigenvalue weighted by Crippen LogP contribution is 2.27. The van der Waals surface area contributed by atoms with Crippen molar-refractivity contribution in [2.24, 2.45) is 5.16 Å². The van der Waals surface area contributed by atoms with Crippen LogP contribution in [0.1, 0.15) is 48.1 Å². The maximum absolute atomic E-state index is 12.0. The Hall–Kier alpha value is -2.83. The van der Waals surface area contributed by atoms with Crippen LogP contribution in [-0.2, 0) is 20.8 Å². The average Bonchev–Trinajstić information content (AvgIpc) is 3.26. The number of hydrogen-bond donors (Lipinski definition) is 3. The smallest absolute Gasteiger partial charge is 0.211 e. The Morgan fingerprint density at radius 2 is 1.84 bits per heavy atom. The summed E-state index contributed by atoms with van der Waals surface area (Å²) >= 11 is -1.26. The summed E-state index contributed by atoms with van der Waals surface area (Å²) in [7, 11) is 0. The second-order valence-electron chi connectivity index (χ2n) is 7.77. The molecule has 8 heteroatoms. The van der Waals surface area contributed by atoms with Crippen LogP contribution >= 0.6 is 0 Å². The van der Waals surface area contributed by atoms with Crippen molar-refractivity contribution >= 4 is 23.3 Å². The van der Waals surface area contributed by atoms with E-state index < -0.39 is 22.2 Å². The number of nitrogens with zero attached hydrogens (tertiary/aromatic N) is 1. The van der Waals surface area contributed by atoms with E-state index >= 15 is 0 Å². The first-order chi connectivity index (χ1) is 15.3. The highest BCUT2D eigenvalue weighted by atomic mass is 32.2.